The highest BCUT2D eigenvalue weighted by molar-refractivity contribution is 5.75. The maximum Gasteiger partial charge on any atom is 0.124 e. The van der Waals surface area contributed by atoms with E-state index in [-0.39, 0.29) is 5.41 Å². The summed E-state index contributed by atoms with van der Waals surface area (Å²) in [7, 11) is 0. The minimum atomic E-state index is 0.118. The van der Waals surface area contributed by atoms with Crippen LogP contribution >= 0.6 is 0 Å². The minimum absolute atomic E-state index is 0.118. The quantitative estimate of drug-likeness (QED) is 0.491. The Morgan fingerprint density at radius 2 is 1.34 bits per heavy atom. The maximum absolute atomic E-state index is 5.90. The molecule has 0 aliphatic carbocycles. The monoisotopic (exact) mass is 380 g/mol. The first-order chi connectivity index (χ1) is 13.9. The SMILES string of the molecule is CC(C)(C)c1ccc(-c2cc(-c3ccccn3)nc(-c3cccc(N)n3)c2)cc1. The summed E-state index contributed by atoms with van der Waals surface area (Å²) in [6.07, 6.45) is 1.78. The molecule has 4 aromatic rings. The van der Waals surface area contributed by atoms with Gasteiger partial charge in [-0.25, -0.2) is 9.97 Å². The zero-order valence-corrected chi connectivity index (χ0v) is 16.9. The van der Waals surface area contributed by atoms with Gasteiger partial charge in [0, 0.05) is 6.20 Å². The highest BCUT2D eigenvalue weighted by Crippen LogP contribution is 2.31. The summed E-state index contributed by atoms with van der Waals surface area (Å²) in [5, 5.41) is 0. The maximum atomic E-state index is 5.90. The molecule has 2 N–H and O–H groups in total. The van der Waals surface area contributed by atoms with Crippen molar-refractivity contribution in [3.63, 3.8) is 0 Å². The number of anilines is 1. The third kappa shape index (κ3) is 4.16. The lowest BCUT2D eigenvalue weighted by atomic mass is 9.86. The van der Waals surface area contributed by atoms with Gasteiger partial charge in [-0.15, -0.1) is 0 Å². The summed E-state index contributed by atoms with van der Waals surface area (Å²) in [5.74, 6) is 0.476. The minimum Gasteiger partial charge on any atom is -0.384 e. The Labute approximate surface area is 171 Å². The van der Waals surface area contributed by atoms with Crippen molar-refractivity contribution in [2.45, 2.75) is 26.2 Å². The van der Waals surface area contributed by atoms with Gasteiger partial charge in [0.05, 0.1) is 22.8 Å². The van der Waals surface area contributed by atoms with Crippen LogP contribution in [0.1, 0.15) is 26.3 Å². The van der Waals surface area contributed by atoms with Gasteiger partial charge in [0.2, 0.25) is 0 Å². The topological polar surface area (TPSA) is 64.7 Å². The van der Waals surface area contributed by atoms with Crippen LogP contribution in [0.15, 0.2) is 79.0 Å². The van der Waals surface area contributed by atoms with Gasteiger partial charge in [0.25, 0.3) is 0 Å². The Balaban J connectivity index is 1.86. The summed E-state index contributed by atoms with van der Waals surface area (Å²) < 4.78 is 0. The van der Waals surface area contributed by atoms with E-state index in [1.54, 1.807) is 12.3 Å². The van der Waals surface area contributed by atoms with Gasteiger partial charge in [0.15, 0.2) is 0 Å². The van der Waals surface area contributed by atoms with Crippen molar-refractivity contribution in [3.8, 4) is 33.9 Å². The lowest BCUT2D eigenvalue weighted by molar-refractivity contribution is 0.590. The van der Waals surface area contributed by atoms with Gasteiger partial charge in [-0.2, -0.15) is 0 Å². The Morgan fingerprint density at radius 3 is 1.97 bits per heavy atom. The second-order valence-corrected chi connectivity index (χ2v) is 8.12. The molecule has 4 rings (SSSR count). The van der Waals surface area contributed by atoms with E-state index in [1.165, 1.54) is 5.56 Å². The summed E-state index contributed by atoms with van der Waals surface area (Å²) >= 11 is 0. The van der Waals surface area contributed by atoms with Crippen molar-refractivity contribution >= 4 is 5.82 Å². The van der Waals surface area contributed by atoms with Crippen LogP contribution in [0.25, 0.3) is 33.9 Å². The summed E-state index contributed by atoms with van der Waals surface area (Å²) in [5.41, 5.74) is 12.7. The Bertz CT molecular complexity index is 1130. The van der Waals surface area contributed by atoms with Crippen LogP contribution < -0.4 is 5.73 Å². The lowest BCUT2D eigenvalue weighted by Gasteiger charge is -2.19. The fourth-order valence-corrected chi connectivity index (χ4v) is 3.23. The number of nitrogens with two attached hydrogens (primary N) is 1. The molecule has 0 bridgehead atoms. The van der Waals surface area contributed by atoms with Gasteiger partial charge >= 0.3 is 0 Å². The molecule has 1 aromatic carbocycles. The Hall–Kier alpha value is -3.53. The van der Waals surface area contributed by atoms with E-state index in [0.29, 0.717) is 5.82 Å². The zero-order chi connectivity index (χ0) is 20.4. The molecule has 0 amide bonds. The second kappa shape index (κ2) is 7.47. The largest absolute Gasteiger partial charge is 0.384 e. The molecule has 3 heterocycles. The van der Waals surface area contributed by atoms with Crippen LogP contribution in [0, 0.1) is 0 Å². The normalized spacial score (nSPS) is 11.4. The fraction of sp³-hybridized carbons (Fsp3) is 0.160. The first kappa shape index (κ1) is 18.8. The van der Waals surface area contributed by atoms with E-state index in [4.69, 9.17) is 10.7 Å². The van der Waals surface area contributed by atoms with Gasteiger partial charge in [-0.3, -0.25) is 4.98 Å². The molecule has 0 aliphatic rings. The first-order valence-corrected chi connectivity index (χ1v) is 9.67. The smallest absolute Gasteiger partial charge is 0.124 e. The predicted molar refractivity (Wildman–Crippen MR) is 119 cm³/mol. The Kier molecular flexibility index (Phi) is 4.85. The number of nitrogen functional groups attached to an aromatic ring is 1. The third-order valence-corrected chi connectivity index (χ3v) is 4.87. The average Bonchev–Trinajstić information content (AvgIpc) is 2.73. The molecule has 144 valence electrons. The molecule has 0 radical (unpaired) electrons. The number of pyridine rings is 3. The number of hydrogen-bond donors (Lipinski definition) is 1. The van der Waals surface area contributed by atoms with E-state index in [0.717, 1.165) is 33.9 Å². The molecule has 0 fully saturated rings. The Morgan fingerprint density at radius 1 is 0.655 bits per heavy atom. The molecule has 3 aromatic heterocycles. The molecule has 4 heteroatoms. The number of hydrogen-bond acceptors (Lipinski definition) is 4. The van der Waals surface area contributed by atoms with Crippen molar-refractivity contribution in [3.05, 3.63) is 84.6 Å². The number of nitrogens with zero attached hydrogens (tertiary/aromatic N) is 3. The van der Waals surface area contributed by atoms with Crippen molar-refractivity contribution in [2.24, 2.45) is 0 Å². The molecular weight excluding hydrogens is 356 g/mol. The van der Waals surface area contributed by atoms with Crippen LogP contribution in [-0.4, -0.2) is 15.0 Å². The number of rotatable bonds is 3. The molecule has 29 heavy (non-hydrogen) atoms. The van der Waals surface area contributed by atoms with Crippen LogP contribution in [0.2, 0.25) is 0 Å². The van der Waals surface area contributed by atoms with Crippen molar-refractivity contribution in [1.82, 2.24) is 15.0 Å². The predicted octanol–water partition coefficient (Wildman–Crippen LogP) is 5.75. The molecule has 0 saturated heterocycles. The van der Waals surface area contributed by atoms with Crippen molar-refractivity contribution < 1.29 is 0 Å². The first-order valence-electron chi connectivity index (χ1n) is 9.67. The van der Waals surface area contributed by atoms with Gasteiger partial charge in [-0.1, -0.05) is 57.2 Å². The molecular formula is C25H24N4. The molecule has 0 spiro atoms. The molecule has 0 unspecified atom stereocenters. The van der Waals surface area contributed by atoms with E-state index < -0.39 is 0 Å². The highest BCUT2D eigenvalue weighted by Gasteiger charge is 2.14. The van der Waals surface area contributed by atoms with Gasteiger partial charge in [-0.05, 0) is 58.5 Å². The highest BCUT2D eigenvalue weighted by atomic mass is 14.9. The average molecular weight is 380 g/mol. The van der Waals surface area contributed by atoms with Crippen LogP contribution in [-0.2, 0) is 5.41 Å². The van der Waals surface area contributed by atoms with Crippen LogP contribution in [0.3, 0.4) is 0 Å². The zero-order valence-electron chi connectivity index (χ0n) is 16.9. The van der Waals surface area contributed by atoms with Crippen molar-refractivity contribution in [1.29, 1.82) is 0 Å². The van der Waals surface area contributed by atoms with E-state index in [9.17, 15) is 0 Å². The number of benzene rings is 1. The van der Waals surface area contributed by atoms with Crippen molar-refractivity contribution in [2.75, 3.05) is 5.73 Å². The van der Waals surface area contributed by atoms with Crippen LogP contribution in [0.4, 0.5) is 5.82 Å². The summed E-state index contributed by atoms with van der Waals surface area (Å²) in [4.78, 5) is 13.7. The molecule has 4 nitrogen and oxygen atoms in total. The lowest BCUT2D eigenvalue weighted by Crippen LogP contribution is -2.10. The van der Waals surface area contributed by atoms with E-state index in [2.05, 4.69) is 67.1 Å². The molecule has 0 atom stereocenters. The fourth-order valence-electron chi connectivity index (χ4n) is 3.23. The second-order valence-electron chi connectivity index (χ2n) is 8.12. The summed E-state index contributed by atoms with van der Waals surface area (Å²) in [6, 6.07) is 24.3. The van der Waals surface area contributed by atoms with Gasteiger partial charge < -0.3 is 5.73 Å². The molecule has 0 saturated carbocycles. The molecule has 0 aliphatic heterocycles. The summed E-state index contributed by atoms with van der Waals surface area (Å²) in [6.45, 7) is 6.66. The van der Waals surface area contributed by atoms with Gasteiger partial charge in [0.1, 0.15) is 5.82 Å². The third-order valence-electron chi connectivity index (χ3n) is 4.87. The van der Waals surface area contributed by atoms with E-state index in [1.807, 2.05) is 30.3 Å². The number of aromatic nitrogens is 3. The standard InChI is InChI=1S/C25H24N4/c1-25(2,3)19-12-10-17(11-13-19)18-15-22(20-7-4-5-14-27-20)28-23(16-18)21-8-6-9-24(26)29-21/h4-16H,1-3H3,(H2,26,29). The van der Waals surface area contributed by atoms with E-state index >= 15 is 0 Å². The van der Waals surface area contributed by atoms with Crippen LogP contribution in [0.5, 0.6) is 0 Å².